The summed E-state index contributed by atoms with van der Waals surface area (Å²) in [6.07, 6.45) is -0.771. The molecule has 1 amide bonds. The molecule has 1 aromatic rings. The average molecular weight is 246 g/mol. The molecule has 2 atom stereocenters. The van der Waals surface area contributed by atoms with E-state index in [1.54, 1.807) is 4.90 Å². The second-order valence-corrected chi connectivity index (χ2v) is 5.40. The van der Waals surface area contributed by atoms with Crippen molar-refractivity contribution in [3.8, 4) is 0 Å². The van der Waals surface area contributed by atoms with Gasteiger partial charge in [0.1, 0.15) is 0 Å². The van der Waals surface area contributed by atoms with Crippen molar-refractivity contribution in [1.29, 1.82) is 0 Å². The summed E-state index contributed by atoms with van der Waals surface area (Å²) in [4.78, 5) is 14.9. The van der Waals surface area contributed by atoms with E-state index in [1.807, 2.05) is 0 Å². The molecular weight excluding hydrogens is 228 g/mol. The molecule has 0 spiro atoms. The Morgan fingerprint density at radius 1 is 1.17 bits per heavy atom. The van der Waals surface area contributed by atoms with Crippen molar-refractivity contribution >= 4 is 11.8 Å². The van der Waals surface area contributed by atoms with E-state index in [9.17, 15) is 4.79 Å². The Labute approximate surface area is 107 Å². The molecule has 96 valence electrons. The number of carboxylic acid groups (broad SMARTS) is 1. The monoisotopic (exact) mass is 246 g/mol. The summed E-state index contributed by atoms with van der Waals surface area (Å²) in [5.74, 6) is 1.00. The van der Waals surface area contributed by atoms with Crippen molar-refractivity contribution < 1.29 is 9.90 Å². The molecule has 2 aliphatic heterocycles. The van der Waals surface area contributed by atoms with Crippen LogP contribution in [0.15, 0.2) is 24.3 Å². The van der Waals surface area contributed by atoms with Crippen LogP contribution in [0.1, 0.15) is 5.56 Å². The van der Waals surface area contributed by atoms with E-state index in [1.165, 1.54) is 11.3 Å². The molecular formula is C14H18N2O2. The number of benzene rings is 1. The first-order valence-corrected chi connectivity index (χ1v) is 6.43. The molecule has 2 fully saturated rings. The summed E-state index contributed by atoms with van der Waals surface area (Å²) >= 11 is 0. The van der Waals surface area contributed by atoms with Crippen molar-refractivity contribution in [1.82, 2.24) is 4.90 Å². The van der Waals surface area contributed by atoms with Gasteiger partial charge in [0.25, 0.3) is 0 Å². The lowest BCUT2D eigenvalue weighted by Crippen LogP contribution is -2.32. The average Bonchev–Trinajstić information content (AvgIpc) is 2.87. The number of rotatable bonds is 1. The molecule has 2 heterocycles. The van der Waals surface area contributed by atoms with Crippen LogP contribution in [0.3, 0.4) is 0 Å². The van der Waals surface area contributed by atoms with Gasteiger partial charge in [-0.3, -0.25) is 0 Å². The number of nitrogens with zero attached hydrogens (tertiary/aromatic N) is 2. The van der Waals surface area contributed by atoms with Gasteiger partial charge in [0.05, 0.1) is 0 Å². The summed E-state index contributed by atoms with van der Waals surface area (Å²) in [5, 5.41) is 9.01. The van der Waals surface area contributed by atoms with Crippen LogP contribution in [0.5, 0.6) is 0 Å². The van der Waals surface area contributed by atoms with Gasteiger partial charge in [-0.05, 0) is 18.6 Å². The maximum Gasteiger partial charge on any atom is 0.407 e. The van der Waals surface area contributed by atoms with Crippen LogP contribution in [0.2, 0.25) is 0 Å². The van der Waals surface area contributed by atoms with Crippen LogP contribution < -0.4 is 4.90 Å². The minimum atomic E-state index is -0.771. The molecule has 1 aromatic carbocycles. The number of hydrogen-bond donors (Lipinski definition) is 1. The van der Waals surface area contributed by atoms with Gasteiger partial charge in [-0.1, -0.05) is 18.2 Å². The smallest absolute Gasteiger partial charge is 0.407 e. The maximum absolute atomic E-state index is 11.0. The largest absolute Gasteiger partial charge is 0.465 e. The molecule has 2 saturated heterocycles. The number of likely N-dealkylation sites (tertiary alicyclic amines) is 1. The molecule has 18 heavy (non-hydrogen) atoms. The van der Waals surface area contributed by atoms with Gasteiger partial charge in [-0.25, -0.2) is 4.79 Å². The number of aryl methyl sites for hydroxylation is 1. The summed E-state index contributed by atoms with van der Waals surface area (Å²) in [5.41, 5.74) is 2.60. The highest BCUT2D eigenvalue weighted by Crippen LogP contribution is 2.34. The van der Waals surface area contributed by atoms with E-state index >= 15 is 0 Å². The molecule has 0 aliphatic carbocycles. The number of para-hydroxylation sites is 1. The molecule has 2 unspecified atom stereocenters. The molecule has 4 heteroatoms. The van der Waals surface area contributed by atoms with Gasteiger partial charge in [-0.2, -0.15) is 0 Å². The van der Waals surface area contributed by atoms with E-state index in [4.69, 9.17) is 5.11 Å². The van der Waals surface area contributed by atoms with Crippen molar-refractivity contribution in [2.24, 2.45) is 11.8 Å². The number of carbonyl (C=O) groups is 1. The van der Waals surface area contributed by atoms with Crippen LogP contribution in [-0.2, 0) is 0 Å². The van der Waals surface area contributed by atoms with Gasteiger partial charge in [-0.15, -0.1) is 0 Å². The first-order valence-electron chi connectivity index (χ1n) is 6.43. The number of amides is 1. The van der Waals surface area contributed by atoms with Gasteiger partial charge < -0.3 is 14.9 Å². The molecule has 4 nitrogen and oxygen atoms in total. The Balaban J connectivity index is 1.72. The fourth-order valence-corrected chi connectivity index (χ4v) is 3.26. The fraction of sp³-hybridized carbons (Fsp3) is 0.500. The zero-order valence-corrected chi connectivity index (χ0v) is 10.5. The Morgan fingerprint density at radius 2 is 1.78 bits per heavy atom. The first-order chi connectivity index (χ1) is 8.65. The first kappa shape index (κ1) is 11.4. The zero-order chi connectivity index (χ0) is 12.7. The molecule has 0 saturated carbocycles. The highest BCUT2D eigenvalue weighted by molar-refractivity contribution is 5.65. The lowest BCUT2D eigenvalue weighted by Gasteiger charge is -2.23. The highest BCUT2D eigenvalue weighted by atomic mass is 16.4. The Kier molecular flexibility index (Phi) is 2.65. The van der Waals surface area contributed by atoms with Crippen molar-refractivity contribution in [2.45, 2.75) is 6.92 Å². The van der Waals surface area contributed by atoms with Crippen LogP contribution >= 0.6 is 0 Å². The third kappa shape index (κ3) is 1.82. The number of fused-ring (bicyclic) bond motifs is 1. The molecule has 1 N–H and O–H groups in total. The van der Waals surface area contributed by atoms with Gasteiger partial charge in [0, 0.05) is 43.7 Å². The minimum Gasteiger partial charge on any atom is -0.465 e. The predicted octanol–water partition coefficient (Wildman–Crippen LogP) is 2.04. The summed E-state index contributed by atoms with van der Waals surface area (Å²) in [7, 11) is 0. The van der Waals surface area contributed by atoms with E-state index in [0.29, 0.717) is 24.9 Å². The molecule has 0 radical (unpaired) electrons. The SMILES string of the molecule is Cc1ccccc1N1CC2CN(C(=O)O)CC2C1. The second kappa shape index (κ2) is 4.19. The topological polar surface area (TPSA) is 43.8 Å². The lowest BCUT2D eigenvalue weighted by molar-refractivity contribution is 0.153. The van der Waals surface area contributed by atoms with E-state index in [2.05, 4.69) is 36.1 Å². The molecule has 0 aromatic heterocycles. The number of anilines is 1. The Morgan fingerprint density at radius 3 is 2.33 bits per heavy atom. The second-order valence-electron chi connectivity index (χ2n) is 5.40. The zero-order valence-electron chi connectivity index (χ0n) is 10.5. The van der Waals surface area contributed by atoms with Crippen molar-refractivity contribution in [3.63, 3.8) is 0 Å². The van der Waals surface area contributed by atoms with Crippen LogP contribution in [0, 0.1) is 18.8 Å². The summed E-state index contributed by atoms with van der Waals surface area (Å²) in [6, 6.07) is 8.42. The van der Waals surface area contributed by atoms with Gasteiger partial charge >= 0.3 is 6.09 Å². The fourth-order valence-electron chi connectivity index (χ4n) is 3.26. The van der Waals surface area contributed by atoms with Crippen molar-refractivity contribution in [3.05, 3.63) is 29.8 Å². The van der Waals surface area contributed by atoms with Crippen LogP contribution in [-0.4, -0.2) is 42.3 Å². The van der Waals surface area contributed by atoms with Crippen molar-refractivity contribution in [2.75, 3.05) is 31.1 Å². The number of hydrogen-bond acceptors (Lipinski definition) is 2. The van der Waals surface area contributed by atoms with Crippen LogP contribution in [0.25, 0.3) is 0 Å². The third-order valence-corrected chi connectivity index (χ3v) is 4.21. The lowest BCUT2D eigenvalue weighted by atomic mass is 10.0. The molecule has 0 bridgehead atoms. The van der Waals surface area contributed by atoms with E-state index in [-0.39, 0.29) is 0 Å². The van der Waals surface area contributed by atoms with E-state index in [0.717, 1.165) is 13.1 Å². The highest BCUT2D eigenvalue weighted by Gasteiger charge is 2.41. The Hall–Kier alpha value is -1.71. The quantitative estimate of drug-likeness (QED) is 0.824. The van der Waals surface area contributed by atoms with Crippen LogP contribution in [0.4, 0.5) is 10.5 Å². The third-order valence-electron chi connectivity index (χ3n) is 4.21. The van der Waals surface area contributed by atoms with Gasteiger partial charge in [0.15, 0.2) is 0 Å². The normalized spacial score (nSPS) is 26.5. The Bertz CT molecular complexity index is 461. The predicted molar refractivity (Wildman–Crippen MR) is 70.0 cm³/mol. The maximum atomic E-state index is 11.0. The molecule has 3 rings (SSSR count). The van der Waals surface area contributed by atoms with Gasteiger partial charge in [0.2, 0.25) is 0 Å². The molecule has 2 aliphatic rings. The summed E-state index contributed by atoms with van der Waals surface area (Å²) < 4.78 is 0. The minimum absolute atomic E-state index is 0.501. The summed E-state index contributed by atoms with van der Waals surface area (Å²) in [6.45, 7) is 5.50. The standard InChI is InChI=1S/C14H18N2O2/c1-10-4-2-3-5-13(10)15-6-11-8-16(14(17)18)9-12(11)7-15/h2-5,11-12H,6-9H2,1H3,(H,17,18). The van der Waals surface area contributed by atoms with E-state index < -0.39 is 6.09 Å².